The molecule has 0 spiro atoms. The summed E-state index contributed by atoms with van der Waals surface area (Å²) in [7, 11) is 5.32. The smallest absolute Gasteiger partial charge is 0.410 e. The molecule has 32 heavy (non-hydrogen) atoms. The third kappa shape index (κ3) is 7.18. The second kappa shape index (κ2) is 10.7. The predicted octanol–water partition coefficient (Wildman–Crippen LogP) is 4.43. The van der Waals surface area contributed by atoms with Crippen LogP contribution in [0.25, 0.3) is 0 Å². The van der Waals surface area contributed by atoms with Crippen molar-refractivity contribution in [3.63, 3.8) is 0 Å². The number of piperazine rings is 1. The van der Waals surface area contributed by atoms with E-state index in [4.69, 9.17) is 9.47 Å². The van der Waals surface area contributed by atoms with E-state index in [1.807, 2.05) is 62.9 Å². The van der Waals surface area contributed by atoms with Gasteiger partial charge in [-0.05, 0) is 45.2 Å². The second-order valence-corrected chi connectivity index (χ2v) is 9.93. The van der Waals surface area contributed by atoms with Gasteiger partial charge in [-0.15, -0.1) is 0 Å². The number of anilines is 1. The lowest BCUT2D eigenvalue weighted by atomic mass is 9.99. The minimum atomic E-state index is -0.520. The number of carbonyl (C=O) groups is 2. The van der Waals surface area contributed by atoms with E-state index in [1.165, 1.54) is 6.08 Å². The van der Waals surface area contributed by atoms with Gasteiger partial charge in [0.1, 0.15) is 11.4 Å². The first kappa shape index (κ1) is 25.6. The molecule has 1 aliphatic rings. The van der Waals surface area contributed by atoms with Crippen LogP contribution in [0.3, 0.4) is 0 Å². The van der Waals surface area contributed by atoms with E-state index >= 15 is 0 Å². The molecule has 0 saturated carbocycles. The number of benzene rings is 1. The van der Waals surface area contributed by atoms with Crippen molar-refractivity contribution in [2.45, 2.75) is 52.7 Å². The minimum Gasteiger partial charge on any atom is -0.496 e. The molecular weight excluding hydrogens is 406 g/mol. The summed E-state index contributed by atoms with van der Waals surface area (Å²) in [6, 6.07) is 5.73. The lowest BCUT2D eigenvalue weighted by molar-refractivity contribution is 0.0120. The van der Waals surface area contributed by atoms with Gasteiger partial charge in [0.2, 0.25) is 0 Å². The molecule has 0 radical (unpaired) electrons. The Morgan fingerprint density at radius 3 is 2.47 bits per heavy atom. The molecule has 1 heterocycles. The number of hydrogen-bond acceptors (Lipinski definition) is 6. The maximum atomic E-state index is 12.8. The van der Waals surface area contributed by atoms with Gasteiger partial charge in [0, 0.05) is 57.8 Å². The predicted molar refractivity (Wildman–Crippen MR) is 129 cm³/mol. The van der Waals surface area contributed by atoms with Crippen LogP contribution in [0.5, 0.6) is 5.75 Å². The third-order valence-corrected chi connectivity index (χ3v) is 5.19. The second-order valence-electron chi connectivity index (χ2n) is 9.93. The van der Waals surface area contributed by atoms with Crippen molar-refractivity contribution < 1.29 is 19.1 Å². The fraction of sp³-hybridized carbons (Fsp3) is 0.600. The van der Waals surface area contributed by atoms with Crippen molar-refractivity contribution in [3.05, 3.63) is 36.0 Å². The van der Waals surface area contributed by atoms with Gasteiger partial charge in [0.15, 0.2) is 5.78 Å². The molecule has 0 aliphatic carbocycles. The number of amides is 1. The number of ketones is 1. The standard InChI is InChI=1S/C25H39N3O4/c1-18(2)15-20-17-27(13-14-28(20)24(30)32-25(3,4)5)19-9-10-21(23(16-19)31-8)22(29)11-12-26(6)7/h9-12,16,18,20H,13-15,17H2,1-8H3/b12-11-. The van der Waals surface area contributed by atoms with Gasteiger partial charge >= 0.3 is 6.09 Å². The van der Waals surface area contributed by atoms with E-state index in [9.17, 15) is 9.59 Å². The Labute approximate surface area is 192 Å². The molecule has 7 nitrogen and oxygen atoms in total. The van der Waals surface area contributed by atoms with E-state index in [2.05, 4.69) is 18.7 Å². The summed E-state index contributed by atoms with van der Waals surface area (Å²) in [4.78, 5) is 31.3. The average molecular weight is 446 g/mol. The Morgan fingerprint density at radius 1 is 1.22 bits per heavy atom. The molecule has 7 heteroatoms. The first-order valence-corrected chi connectivity index (χ1v) is 11.2. The monoisotopic (exact) mass is 445 g/mol. The van der Waals surface area contributed by atoms with E-state index in [0.29, 0.717) is 36.9 Å². The molecule has 2 rings (SSSR count). The fourth-order valence-electron chi connectivity index (χ4n) is 3.78. The summed E-state index contributed by atoms with van der Waals surface area (Å²) >= 11 is 0. The lowest BCUT2D eigenvalue weighted by Crippen LogP contribution is -2.56. The van der Waals surface area contributed by atoms with Crippen LogP contribution >= 0.6 is 0 Å². The number of ether oxygens (including phenoxy) is 2. The zero-order chi connectivity index (χ0) is 24.1. The van der Waals surface area contributed by atoms with Crippen molar-refractivity contribution in [1.82, 2.24) is 9.80 Å². The third-order valence-electron chi connectivity index (χ3n) is 5.19. The zero-order valence-electron chi connectivity index (χ0n) is 20.8. The first-order chi connectivity index (χ1) is 14.9. The molecule has 1 aromatic carbocycles. The molecule has 1 aliphatic heterocycles. The maximum Gasteiger partial charge on any atom is 0.410 e. The highest BCUT2D eigenvalue weighted by atomic mass is 16.6. The molecule has 1 saturated heterocycles. The van der Waals surface area contributed by atoms with Gasteiger partial charge in [-0.3, -0.25) is 4.79 Å². The molecule has 1 unspecified atom stereocenters. The van der Waals surface area contributed by atoms with Crippen molar-refractivity contribution in [3.8, 4) is 5.75 Å². The topological polar surface area (TPSA) is 62.3 Å². The molecule has 0 aromatic heterocycles. The van der Waals surface area contributed by atoms with Gasteiger partial charge < -0.3 is 24.2 Å². The van der Waals surface area contributed by atoms with Crippen LogP contribution in [0.4, 0.5) is 10.5 Å². The number of allylic oxidation sites excluding steroid dienone is 1. The molecule has 1 atom stereocenters. The SMILES string of the molecule is COc1cc(N2CCN(C(=O)OC(C)(C)C)C(CC(C)C)C2)ccc1C(=O)/C=C\N(C)C. The van der Waals surface area contributed by atoms with Gasteiger partial charge in [-0.25, -0.2) is 4.79 Å². The Kier molecular flexibility index (Phi) is 8.58. The van der Waals surface area contributed by atoms with Crippen LogP contribution in [-0.2, 0) is 4.74 Å². The largest absolute Gasteiger partial charge is 0.496 e. The Bertz CT molecular complexity index is 827. The van der Waals surface area contributed by atoms with E-state index in [0.717, 1.165) is 12.1 Å². The Morgan fingerprint density at radius 2 is 1.91 bits per heavy atom. The minimum absolute atomic E-state index is 0.0499. The number of methoxy groups -OCH3 is 1. The van der Waals surface area contributed by atoms with Crippen LogP contribution in [-0.4, -0.2) is 74.2 Å². The van der Waals surface area contributed by atoms with Crippen molar-refractivity contribution in [1.29, 1.82) is 0 Å². The van der Waals surface area contributed by atoms with Gasteiger partial charge in [-0.1, -0.05) is 13.8 Å². The summed E-state index contributed by atoms with van der Waals surface area (Å²) in [6.45, 7) is 12.0. The van der Waals surface area contributed by atoms with Crippen LogP contribution in [0.1, 0.15) is 51.4 Å². The molecule has 1 fully saturated rings. The lowest BCUT2D eigenvalue weighted by Gasteiger charge is -2.43. The summed E-state index contributed by atoms with van der Waals surface area (Å²) in [5.41, 5.74) is 0.987. The maximum absolute atomic E-state index is 12.8. The molecule has 0 N–H and O–H groups in total. The molecule has 1 aromatic rings. The number of hydrogen-bond donors (Lipinski definition) is 0. The van der Waals surface area contributed by atoms with Crippen molar-refractivity contribution in [2.75, 3.05) is 45.7 Å². The summed E-state index contributed by atoms with van der Waals surface area (Å²) in [5.74, 6) is 0.892. The highest BCUT2D eigenvalue weighted by molar-refractivity contribution is 6.06. The zero-order valence-corrected chi connectivity index (χ0v) is 20.8. The number of nitrogens with zero attached hydrogens (tertiary/aromatic N) is 3. The van der Waals surface area contributed by atoms with E-state index in [-0.39, 0.29) is 17.9 Å². The Hall–Kier alpha value is -2.70. The van der Waals surface area contributed by atoms with Crippen LogP contribution in [0, 0.1) is 5.92 Å². The summed E-state index contributed by atoms with van der Waals surface area (Å²) in [5, 5.41) is 0. The number of carbonyl (C=O) groups excluding carboxylic acids is 2. The highest BCUT2D eigenvalue weighted by Crippen LogP contribution is 2.29. The number of rotatable bonds is 7. The average Bonchev–Trinajstić information content (AvgIpc) is 2.69. The Balaban J connectivity index is 2.23. The summed E-state index contributed by atoms with van der Waals surface area (Å²) in [6.07, 6.45) is 3.89. The fourth-order valence-corrected chi connectivity index (χ4v) is 3.78. The van der Waals surface area contributed by atoms with Crippen LogP contribution < -0.4 is 9.64 Å². The van der Waals surface area contributed by atoms with Gasteiger partial charge in [0.05, 0.1) is 18.7 Å². The van der Waals surface area contributed by atoms with Crippen molar-refractivity contribution in [2.24, 2.45) is 5.92 Å². The van der Waals surface area contributed by atoms with Gasteiger partial charge in [0.25, 0.3) is 0 Å². The molecule has 1 amide bonds. The molecular formula is C25H39N3O4. The van der Waals surface area contributed by atoms with Gasteiger partial charge in [-0.2, -0.15) is 0 Å². The first-order valence-electron chi connectivity index (χ1n) is 11.2. The summed E-state index contributed by atoms with van der Waals surface area (Å²) < 4.78 is 11.2. The van der Waals surface area contributed by atoms with Crippen molar-refractivity contribution >= 4 is 17.6 Å². The molecule has 178 valence electrons. The van der Waals surface area contributed by atoms with Crippen LogP contribution in [0.15, 0.2) is 30.5 Å². The quantitative estimate of drug-likeness (QED) is 0.457. The van der Waals surface area contributed by atoms with E-state index < -0.39 is 5.60 Å². The van der Waals surface area contributed by atoms with E-state index in [1.54, 1.807) is 13.3 Å². The highest BCUT2D eigenvalue weighted by Gasteiger charge is 2.34. The normalized spacial score (nSPS) is 17.1. The molecule has 0 bridgehead atoms. The van der Waals surface area contributed by atoms with Crippen LogP contribution in [0.2, 0.25) is 0 Å².